The number of nitrogens with one attached hydrogen (secondary N) is 1. The smallest absolute Gasteiger partial charge is 0.254 e. The van der Waals surface area contributed by atoms with Crippen LogP contribution in [0.3, 0.4) is 0 Å². The second-order valence-electron chi connectivity index (χ2n) is 5.64. The number of nitrogens with zero attached hydrogens (tertiary/aromatic N) is 1. The molecule has 23 heavy (non-hydrogen) atoms. The molecule has 1 amide bonds. The van der Waals surface area contributed by atoms with Gasteiger partial charge in [0.25, 0.3) is 5.91 Å². The second kappa shape index (κ2) is 8.22. The van der Waals surface area contributed by atoms with Crippen molar-refractivity contribution in [2.45, 2.75) is 12.5 Å². The molecule has 1 atom stereocenters. The van der Waals surface area contributed by atoms with Crippen LogP contribution in [-0.2, 0) is 6.42 Å². The van der Waals surface area contributed by atoms with Crippen molar-refractivity contribution in [1.82, 2.24) is 10.2 Å². The van der Waals surface area contributed by atoms with Gasteiger partial charge in [-0.2, -0.15) is 0 Å². The first-order valence-corrected chi connectivity index (χ1v) is 8.20. The van der Waals surface area contributed by atoms with E-state index < -0.39 is 11.7 Å². The van der Waals surface area contributed by atoms with E-state index in [2.05, 4.69) is 38.3 Å². The third kappa shape index (κ3) is 5.15. The summed E-state index contributed by atoms with van der Waals surface area (Å²) in [4.78, 5) is 14.3. The van der Waals surface area contributed by atoms with Crippen molar-refractivity contribution in [2.24, 2.45) is 0 Å². The Balaban J connectivity index is 2.01. The highest BCUT2D eigenvalue weighted by Crippen LogP contribution is 2.15. The van der Waals surface area contributed by atoms with E-state index in [1.165, 1.54) is 17.7 Å². The first kappa shape index (κ1) is 17.6. The van der Waals surface area contributed by atoms with Gasteiger partial charge in [0.05, 0.1) is 5.56 Å². The van der Waals surface area contributed by atoms with Gasteiger partial charge in [0.2, 0.25) is 0 Å². The Bertz CT molecular complexity index is 661. The average molecular weight is 379 g/mol. The van der Waals surface area contributed by atoms with Crippen molar-refractivity contribution in [1.29, 1.82) is 0 Å². The number of carbonyl (C=O) groups excluding carboxylic acids is 1. The molecule has 0 fully saturated rings. The van der Waals surface area contributed by atoms with Gasteiger partial charge in [0, 0.05) is 17.1 Å². The molecule has 0 aliphatic rings. The van der Waals surface area contributed by atoms with Crippen LogP contribution in [0, 0.1) is 5.82 Å². The van der Waals surface area contributed by atoms with Crippen molar-refractivity contribution >= 4 is 21.8 Å². The zero-order valence-electron chi connectivity index (χ0n) is 13.2. The Morgan fingerprint density at radius 2 is 1.91 bits per heavy atom. The Kier molecular flexibility index (Phi) is 6.30. The van der Waals surface area contributed by atoms with Gasteiger partial charge in [-0.1, -0.05) is 46.3 Å². The highest BCUT2D eigenvalue weighted by molar-refractivity contribution is 9.10. The van der Waals surface area contributed by atoms with E-state index in [1.54, 1.807) is 6.07 Å². The van der Waals surface area contributed by atoms with E-state index in [0.29, 0.717) is 11.0 Å². The fourth-order valence-corrected chi connectivity index (χ4v) is 2.66. The van der Waals surface area contributed by atoms with Crippen LogP contribution in [0.15, 0.2) is 53.0 Å². The SMILES string of the molecule is CN(C)[C@@H](CNC(=O)c1cc(Br)ccc1F)Cc1ccccc1. The van der Waals surface area contributed by atoms with Crippen molar-refractivity contribution in [3.8, 4) is 0 Å². The first-order valence-electron chi connectivity index (χ1n) is 7.41. The predicted octanol–water partition coefficient (Wildman–Crippen LogP) is 3.49. The molecular formula is C18H20BrFN2O. The number of halogens is 2. The van der Waals surface area contributed by atoms with Gasteiger partial charge in [-0.3, -0.25) is 4.79 Å². The number of hydrogen-bond acceptors (Lipinski definition) is 2. The lowest BCUT2D eigenvalue weighted by Crippen LogP contribution is -2.41. The van der Waals surface area contributed by atoms with Crippen LogP contribution in [0.4, 0.5) is 4.39 Å². The monoisotopic (exact) mass is 378 g/mol. The number of hydrogen-bond donors (Lipinski definition) is 1. The molecule has 0 aliphatic carbocycles. The quantitative estimate of drug-likeness (QED) is 0.834. The minimum Gasteiger partial charge on any atom is -0.350 e. The molecule has 122 valence electrons. The van der Waals surface area contributed by atoms with E-state index in [4.69, 9.17) is 0 Å². The molecule has 2 aromatic carbocycles. The summed E-state index contributed by atoms with van der Waals surface area (Å²) >= 11 is 3.26. The number of carbonyl (C=O) groups is 1. The molecule has 0 heterocycles. The molecule has 5 heteroatoms. The van der Waals surface area contributed by atoms with Crippen LogP contribution in [0.1, 0.15) is 15.9 Å². The van der Waals surface area contributed by atoms with E-state index in [1.807, 2.05) is 32.3 Å². The Labute approximate surface area is 144 Å². The predicted molar refractivity (Wildman–Crippen MR) is 94.1 cm³/mol. The summed E-state index contributed by atoms with van der Waals surface area (Å²) in [6.45, 7) is 0.451. The molecule has 0 bridgehead atoms. The van der Waals surface area contributed by atoms with Crippen molar-refractivity contribution in [3.05, 3.63) is 69.9 Å². The van der Waals surface area contributed by atoms with Crippen LogP contribution in [0.25, 0.3) is 0 Å². The summed E-state index contributed by atoms with van der Waals surface area (Å²) in [6, 6.07) is 14.6. The molecule has 0 unspecified atom stereocenters. The van der Waals surface area contributed by atoms with E-state index in [0.717, 1.165) is 6.42 Å². The normalized spacial score (nSPS) is 12.2. The average Bonchev–Trinajstić information content (AvgIpc) is 2.54. The molecule has 2 rings (SSSR count). The van der Waals surface area contributed by atoms with Gasteiger partial charge in [0.1, 0.15) is 5.82 Å². The molecule has 3 nitrogen and oxygen atoms in total. The number of likely N-dealkylation sites (N-methyl/N-ethyl adjacent to an activating group) is 1. The topological polar surface area (TPSA) is 32.3 Å². The largest absolute Gasteiger partial charge is 0.350 e. The summed E-state index contributed by atoms with van der Waals surface area (Å²) in [6.07, 6.45) is 0.815. The third-order valence-electron chi connectivity index (χ3n) is 3.72. The standard InChI is InChI=1S/C18H20BrFN2O/c1-22(2)15(10-13-6-4-3-5-7-13)12-21-18(23)16-11-14(19)8-9-17(16)20/h3-9,11,15H,10,12H2,1-2H3,(H,21,23)/t15-/m1/s1. The number of benzene rings is 2. The lowest BCUT2D eigenvalue weighted by atomic mass is 10.0. The highest BCUT2D eigenvalue weighted by Gasteiger charge is 2.16. The van der Waals surface area contributed by atoms with E-state index in [9.17, 15) is 9.18 Å². The number of amides is 1. The molecule has 0 saturated heterocycles. The van der Waals surface area contributed by atoms with Crippen molar-refractivity contribution in [2.75, 3.05) is 20.6 Å². The molecule has 0 spiro atoms. The lowest BCUT2D eigenvalue weighted by Gasteiger charge is -2.25. The molecule has 1 N–H and O–H groups in total. The maximum absolute atomic E-state index is 13.8. The fourth-order valence-electron chi connectivity index (χ4n) is 2.30. The Hall–Kier alpha value is -1.72. The van der Waals surface area contributed by atoms with Gasteiger partial charge >= 0.3 is 0 Å². The molecule has 0 radical (unpaired) electrons. The maximum Gasteiger partial charge on any atom is 0.254 e. The molecule has 2 aromatic rings. The van der Waals surface area contributed by atoms with Gasteiger partial charge in [-0.15, -0.1) is 0 Å². The number of rotatable bonds is 6. The van der Waals surface area contributed by atoms with Crippen LogP contribution in [-0.4, -0.2) is 37.5 Å². The van der Waals surface area contributed by atoms with Crippen LogP contribution in [0.2, 0.25) is 0 Å². The molecule has 0 aromatic heterocycles. The third-order valence-corrected chi connectivity index (χ3v) is 4.21. The van der Waals surface area contributed by atoms with Crippen LogP contribution in [0.5, 0.6) is 0 Å². The van der Waals surface area contributed by atoms with Gasteiger partial charge in [-0.05, 0) is 44.3 Å². The summed E-state index contributed by atoms with van der Waals surface area (Å²) in [5, 5.41) is 2.83. The summed E-state index contributed by atoms with van der Waals surface area (Å²) in [5.41, 5.74) is 1.26. The lowest BCUT2D eigenvalue weighted by molar-refractivity contribution is 0.0937. The maximum atomic E-state index is 13.8. The summed E-state index contributed by atoms with van der Waals surface area (Å²) in [5.74, 6) is -0.918. The zero-order valence-corrected chi connectivity index (χ0v) is 14.8. The van der Waals surface area contributed by atoms with Crippen molar-refractivity contribution in [3.63, 3.8) is 0 Å². The minimum absolute atomic E-state index is 0.0524. The fraction of sp³-hybridized carbons (Fsp3) is 0.278. The second-order valence-corrected chi connectivity index (χ2v) is 6.56. The molecule has 0 aliphatic heterocycles. The first-order chi connectivity index (χ1) is 11.0. The Morgan fingerprint density at radius 3 is 2.57 bits per heavy atom. The summed E-state index contributed by atoms with van der Waals surface area (Å²) < 4.78 is 14.4. The summed E-state index contributed by atoms with van der Waals surface area (Å²) in [7, 11) is 3.94. The van der Waals surface area contributed by atoms with Crippen LogP contribution >= 0.6 is 15.9 Å². The zero-order chi connectivity index (χ0) is 16.8. The molecule has 0 saturated carbocycles. The molecular weight excluding hydrogens is 359 g/mol. The van der Waals surface area contributed by atoms with E-state index >= 15 is 0 Å². The van der Waals surface area contributed by atoms with E-state index in [-0.39, 0.29) is 11.6 Å². The highest BCUT2D eigenvalue weighted by atomic mass is 79.9. The van der Waals surface area contributed by atoms with Gasteiger partial charge in [-0.25, -0.2) is 4.39 Å². The Morgan fingerprint density at radius 1 is 1.22 bits per heavy atom. The van der Waals surface area contributed by atoms with Gasteiger partial charge < -0.3 is 10.2 Å². The van der Waals surface area contributed by atoms with Crippen molar-refractivity contribution < 1.29 is 9.18 Å². The van der Waals surface area contributed by atoms with Gasteiger partial charge in [0.15, 0.2) is 0 Å². The van der Waals surface area contributed by atoms with Crippen LogP contribution < -0.4 is 5.32 Å². The minimum atomic E-state index is -0.518.